The zero-order valence-electron chi connectivity index (χ0n) is 11.6. The van der Waals surface area contributed by atoms with Crippen LogP contribution in [0, 0.1) is 5.92 Å². The molecule has 4 nitrogen and oxygen atoms in total. The zero-order valence-corrected chi connectivity index (χ0v) is 12.4. The van der Waals surface area contributed by atoms with Crippen LogP contribution in [-0.4, -0.2) is 29.5 Å². The first-order chi connectivity index (χ1) is 9.85. The number of piperidine rings is 1. The van der Waals surface area contributed by atoms with E-state index in [0.717, 1.165) is 31.0 Å². The van der Waals surface area contributed by atoms with Crippen molar-refractivity contribution in [1.29, 1.82) is 0 Å². The van der Waals surface area contributed by atoms with E-state index < -0.39 is 0 Å². The highest BCUT2D eigenvalue weighted by atomic mass is 32.2. The molecule has 0 radical (unpaired) electrons. The second-order valence-electron chi connectivity index (χ2n) is 5.16. The van der Waals surface area contributed by atoms with Gasteiger partial charge >= 0.3 is 0 Å². The normalized spacial score (nSPS) is 19.1. The molecule has 0 spiro atoms. The molecule has 1 aromatic heterocycles. The monoisotopic (exact) mass is 289 g/mol. The number of aromatic nitrogens is 2. The summed E-state index contributed by atoms with van der Waals surface area (Å²) >= 11 is 1.73. The topological polar surface area (TPSA) is 51.0 Å². The summed E-state index contributed by atoms with van der Waals surface area (Å²) in [5.74, 6) is 2.06. The minimum atomic E-state index is 0.621. The molecule has 1 saturated heterocycles. The van der Waals surface area contributed by atoms with Crippen LogP contribution in [0.1, 0.15) is 18.7 Å². The molecule has 1 aliphatic heterocycles. The first-order valence-electron chi connectivity index (χ1n) is 7.03. The van der Waals surface area contributed by atoms with Crippen LogP contribution < -0.4 is 5.32 Å². The number of rotatable bonds is 4. The van der Waals surface area contributed by atoms with Gasteiger partial charge in [0.15, 0.2) is 0 Å². The van der Waals surface area contributed by atoms with Gasteiger partial charge < -0.3 is 9.84 Å². The van der Waals surface area contributed by atoms with Crippen molar-refractivity contribution in [2.45, 2.75) is 24.2 Å². The van der Waals surface area contributed by atoms with Gasteiger partial charge in [-0.1, -0.05) is 5.16 Å². The average molecular weight is 289 g/mol. The number of hydrogen-bond donors (Lipinski definition) is 1. The molecular formula is C15H19N3OS. The van der Waals surface area contributed by atoms with Crippen molar-refractivity contribution in [3.05, 3.63) is 30.2 Å². The van der Waals surface area contributed by atoms with Crippen LogP contribution >= 0.6 is 11.8 Å². The maximum atomic E-state index is 5.38. The minimum absolute atomic E-state index is 0.621. The van der Waals surface area contributed by atoms with Crippen molar-refractivity contribution in [3.8, 4) is 11.4 Å². The molecule has 5 heteroatoms. The van der Waals surface area contributed by atoms with Crippen molar-refractivity contribution >= 4 is 11.8 Å². The second-order valence-corrected chi connectivity index (χ2v) is 6.04. The molecule has 1 aliphatic rings. The van der Waals surface area contributed by atoms with E-state index in [2.05, 4.69) is 33.8 Å². The van der Waals surface area contributed by atoms with Gasteiger partial charge in [0.2, 0.25) is 11.7 Å². The number of nitrogens with zero attached hydrogens (tertiary/aromatic N) is 2. The van der Waals surface area contributed by atoms with Gasteiger partial charge in [-0.2, -0.15) is 4.98 Å². The molecule has 1 N–H and O–H groups in total. The van der Waals surface area contributed by atoms with E-state index in [9.17, 15) is 0 Å². The third-order valence-electron chi connectivity index (χ3n) is 3.68. The Morgan fingerprint density at radius 2 is 2.20 bits per heavy atom. The maximum Gasteiger partial charge on any atom is 0.227 e. The molecule has 106 valence electrons. The van der Waals surface area contributed by atoms with Crippen LogP contribution in [0.25, 0.3) is 11.4 Å². The number of benzene rings is 1. The molecule has 2 heterocycles. The molecule has 0 bridgehead atoms. The molecule has 0 amide bonds. The lowest BCUT2D eigenvalue weighted by Crippen LogP contribution is -2.30. The SMILES string of the molecule is CSc1ccc(-c2noc(CC3CCCNC3)n2)cc1. The van der Waals surface area contributed by atoms with Gasteiger partial charge in [-0.05, 0) is 62.4 Å². The number of hydrogen-bond acceptors (Lipinski definition) is 5. The Labute approximate surface area is 123 Å². The van der Waals surface area contributed by atoms with Crippen LogP contribution in [0.3, 0.4) is 0 Å². The van der Waals surface area contributed by atoms with Crippen molar-refractivity contribution in [1.82, 2.24) is 15.5 Å². The summed E-state index contributed by atoms with van der Waals surface area (Å²) in [7, 11) is 0. The molecule has 1 atom stereocenters. The minimum Gasteiger partial charge on any atom is -0.339 e. The lowest BCUT2D eigenvalue weighted by Gasteiger charge is -2.20. The van der Waals surface area contributed by atoms with E-state index in [-0.39, 0.29) is 0 Å². The van der Waals surface area contributed by atoms with E-state index in [1.807, 2.05) is 12.1 Å². The van der Waals surface area contributed by atoms with E-state index >= 15 is 0 Å². The molecule has 1 unspecified atom stereocenters. The molecule has 20 heavy (non-hydrogen) atoms. The molecule has 0 aliphatic carbocycles. The van der Waals surface area contributed by atoms with Crippen molar-refractivity contribution in [3.63, 3.8) is 0 Å². The van der Waals surface area contributed by atoms with Crippen LogP contribution in [0.5, 0.6) is 0 Å². The van der Waals surface area contributed by atoms with Gasteiger partial charge in [0.1, 0.15) is 0 Å². The Balaban J connectivity index is 1.68. The van der Waals surface area contributed by atoms with Gasteiger partial charge in [0.25, 0.3) is 0 Å². The fourth-order valence-electron chi connectivity index (χ4n) is 2.54. The molecule has 0 saturated carbocycles. The highest BCUT2D eigenvalue weighted by molar-refractivity contribution is 7.98. The average Bonchev–Trinajstić information content (AvgIpc) is 2.97. The first-order valence-corrected chi connectivity index (χ1v) is 8.25. The standard InChI is InChI=1S/C15H19N3OS/c1-20-13-6-4-12(5-7-13)15-17-14(19-18-15)9-11-3-2-8-16-10-11/h4-7,11,16H,2-3,8-10H2,1H3. The van der Waals surface area contributed by atoms with E-state index in [1.54, 1.807) is 11.8 Å². The summed E-state index contributed by atoms with van der Waals surface area (Å²) in [5, 5.41) is 7.51. The van der Waals surface area contributed by atoms with Crippen LogP contribution in [0.15, 0.2) is 33.7 Å². The Bertz CT molecular complexity index is 547. The summed E-state index contributed by atoms with van der Waals surface area (Å²) in [6.45, 7) is 2.19. The largest absolute Gasteiger partial charge is 0.339 e. The van der Waals surface area contributed by atoms with Gasteiger partial charge in [0.05, 0.1) is 0 Å². The summed E-state index contributed by atoms with van der Waals surface area (Å²) in [4.78, 5) is 5.76. The Morgan fingerprint density at radius 1 is 1.35 bits per heavy atom. The molecule has 1 aromatic carbocycles. The summed E-state index contributed by atoms with van der Waals surface area (Å²) in [6, 6.07) is 8.26. The molecule has 3 rings (SSSR count). The molecule has 2 aromatic rings. The Morgan fingerprint density at radius 3 is 2.90 bits per heavy atom. The van der Waals surface area contributed by atoms with E-state index in [1.165, 1.54) is 17.7 Å². The highest BCUT2D eigenvalue weighted by Gasteiger charge is 2.17. The lowest BCUT2D eigenvalue weighted by atomic mass is 9.96. The Kier molecular flexibility index (Phi) is 4.38. The molecule has 1 fully saturated rings. The third-order valence-corrected chi connectivity index (χ3v) is 4.42. The molecular weight excluding hydrogens is 270 g/mol. The smallest absolute Gasteiger partial charge is 0.227 e. The van der Waals surface area contributed by atoms with E-state index in [0.29, 0.717) is 11.7 Å². The maximum absolute atomic E-state index is 5.38. The van der Waals surface area contributed by atoms with Gasteiger partial charge in [-0.3, -0.25) is 0 Å². The quantitative estimate of drug-likeness (QED) is 0.877. The van der Waals surface area contributed by atoms with Crippen molar-refractivity contribution < 1.29 is 4.52 Å². The van der Waals surface area contributed by atoms with Gasteiger partial charge in [-0.25, -0.2) is 0 Å². The van der Waals surface area contributed by atoms with Gasteiger partial charge in [-0.15, -0.1) is 11.8 Å². The first kappa shape index (κ1) is 13.6. The number of thioether (sulfide) groups is 1. The predicted octanol–water partition coefficient (Wildman–Crippen LogP) is 3.00. The Hall–Kier alpha value is -1.33. The summed E-state index contributed by atoms with van der Waals surface area (Å²) < 4.78 is 5.38. The van der Waals surface area contributed by atoms with Gasteiger partial charge in [0, 0.05) is 16.9 Å². The van der Waals surface area contributed by atoms with Crippen molar-refractivity contribution in [2.24, 2.45) is 5.92 Å². The number of nitrogens with one attached hydrogen (secondary N) is 1. The zero-order chi connectivity index (χ0) is 13.8. The fraction of sp³-hybridized carbons (Fsp3) is 0.467. The fourth-order valence-corrected chi connectivity index (χ4v) is 2.95. The second kappa shape index (κ2) is 6.41. The lowest BCUT2D eigenvalue weighted by molar-refractivity contribution is 0.316. The van der Waals surface area contributed by atoms with Crippen LogP contribution in [-0.2, 0) is 6.42 Å². The van der Waals surface area contributed by atoms with Crippen LogP contribution in [0.2, 0.25) is 0 Å². The highest BCUT2D eigenvalue weighted by Crippen LogP contribution is 2.22. The van der Waals surface area contributed by atoms with E-state index in [4.69, 9.17) is 4.52 Å². The predicted molar refractivity (Wildman–Crippen MR) is 80.8 cm³/mol. The summed E-state index contributed by atoms with van der Waals surface area (Å²) in [6.07, 6.45) is 5.43. The third kappa shape index (κ3) is 3.22. The van der Waals surface area contributed by atoms with Crippen molar-refractivity contribution in [2.75, 3.05) is 19.3 Å². The van der Waals surface area contributed by atoms with Crippen LogP contribution in [0.4, 0.5) is 0 Å². The summed E-state index contributed by atoms with van der Waals surface area (Å²) in [5.41, 5.74) is 1.01.